The van der Waals surface area contributed by atoms with E-state index in [4.69, 9.17) is 0 Å². The number of rotatable bonds is 8. The molecule has 2 aliphatic heterocycles. The maximum Gasteiger partial charge on any atom is 0.271 e. The minimum Gasteiger partial charge on any atom is -0.369 e. The largest absolute Gasteiger partial charge is 0.369 e. The summed E-state index contributed by atoms with van der Waals surface area (Å²) in [6.45, 7) is 7.67. The van der Waals surface area contributed by atoms with Gasteiger partial charge in [0, 0.05) is 74.9 Å². The summed E-state index contributed by atoms with van der Waals surface area (Å²) in [5, 5.41) is 14.9. The molecule has 3 aromatic rings. The molecule has 0 saturated carbocycles. The maximum absolute atomic E-state index is 12.5. The maximum atomic E-state index is 12.5. The lowest BCUT2D eigenvalue weighted by Gasteiger charge is -2.29. The number of piperazine rings is 2. The molecule has 2 aliphatic rings. The molecule has 5 rings (SSSR count). The van der Waals surface area contributed by atoms with Crippen LogP contribution >= 0.6 is 0 Å². The third-order valence-electron chi connectivity index (χ3n) is 6.89. The van der Waals surface area contributed by atoms with Crippen LogP contribution in [0.4, 0.5) is 11.4 Å². The van der Waals surface area contributed by atoms with Crippen molar-refractivity contribution in [1.29, 1.82) is 0 Å². The first-order valence-corrected chi connectivity index (χ1v) is 13.5. The zero-order valence-electron chi connectivity index (χ0n) is 22.3. The van der Waals surface area contributed by atoms with Gasteiger partial charge in [0.05, 0.1) is 12.4 Å². The lowest BCUT2D eigenvalue weighted by Crippen LogP contribution is -2.43. The second kappa shape index (κ2) is 13.5. The minimum atomic E-state index is -0.274. The van der Waals surface area contributed by atoms with Crippen LogP contribution in [0, 0.1) is 0 Å². The van der Waals surface area contributed by atoms with Crippen LogP contribution in [-0.2, 0) is 0 Å². The first-order chi connectivity index (χ1) is 19.7. The van der Waals surface area contributed by atoms with Crippen molar-refractivity contribution in [2.24, 2.45) is 10.2 Å². The molecule has 2 heterocycles. The third kappa shape index (κ3) is 7.31. The summed E-state index contributed by atoms with van der Waals surface area (Å²) < 4.78 is 0. The molecule has 0 aliphatic carbocycles. The number of amides is 2. The molecule has 10 heteroatoms. The predicted molar refractivity (Wildman–Crippen MR) is 160 cm³/mol. The van der Waals surface area contributed by atoms with Crippen molar-refractivity contribution < 1.29 is 9.59 Å². The molecule has 2 amide bonds. The van der Waals surface area contributed by atoms with Gasteiger partial charge in [-0.2, -0.15) is 10.2 Å². The molecular formula is C30H34N8O2. The monoisotopic (exact) mass is 538 g/mol. The molecule has 0 aromatic heterocycles. The fourth-order valence-electron chi connectivity index (χ4n) is 4.67. The highest BCUT2D eigenvalue weighted by Gasteiger charge is 2.12. The zero-order valence-corrected chi connectivity index (χ0v) is 22.3. The van der Waals surface area contributed by atoms with Gasteiger partial charge in [0.2, 0.25) is 0 Å². The average molecular weight is 539 g/mol. The molecule has 0 atom stereocenters. The van der Waals surface area contributed by atoms with Crippen molar-refractivity contribution in [1.82, 2.24) is 21.5 Å². The number of anilines is 2. The van der Waals surface area contributed by atoms with Gasteiger partial charge < -0.3 is 20.4 Å². The summed E-state index contributed by atoms with van der Waals surface area (Å²) in [7, 11) is 0. The number of hydrogen-bond donors (Lipinski definition) is 4. The standard InChI is InChI=1S/C30H34N8O2/c39-29(25-4-8-27(9-5-25)37-16-12-31-13-17-37)35-33-21-23-2-1-3-24(20-23)22-34-36-30(40)26-6-10-28(11-7-26)38-18-14-32-15-19-38/h1-11,20-22,31-32H,12-19H2,(H,35,39)(H,36,40)/b33-21+,34-22+. The summed E-state index contributed by atoms with van der Waals surface area (Å²) >= 11 is 0. The quantitative estimate of drug-likeness (QED) is 0.258. The summed E-state index contributed by atoms with van der Waals surface area (Å²) in [4.78, 5) is 29.6. The Bertz CT molecular complexity index is 1240. The molecule has 0 radical (unpaired) electrons. The van der Waals surface area contributed by atoms with E-state index in [1.165, 1.54) is 0 Å². The van der Waals surface area contributed by atoms with E-state index in [1.807, 2.05) is 72.8 Å². The van der Waals surface area contributed by atoms with E-state index < -0.39 is 0 Å². The molecule has 0 bridgehead atoms. The van der Waals surface area contributed by atoms with Gasteiger partial charge in [-0.25, -0.2) is 10.9 Å². The van der Waals surface area contributed by atoms with Crippen LogP contribution in [0.1, 0.15) is 31.8 Å². The minimum absolute atomic E-state index is 0.274. The SMILES string of the molecule is O=C(N/N=C/c1cccc(/C=N/NC(=O)c2ccc(N3CCNCC3)cc2)c1)c1ccc(N2CCNCC2)cc1. The van der Waals surface area contributed by atoms with Crippen LogP contribution < -0.4 is 31.3 Å². The predicted octanol–water partition coefficient (Wildman–Crippen LogP) is 2.03. The zero-order chi connectivity index (χ0) is 27.6. The van der Waals surface area contributed by atoms with Gasteiger partial charge in [0.1, 0.15) is 0 Å². The van der Waals surface area contributed by atoms with E-state index in [-0.39, 0.29) is 11.8 Å². The van der Waals surface area contributed by atoms with Gasteiger partial charge in [0.15, 0.2) is 0 Å². The van der Waals surface area contributed by atoms with Crippen molar-refractivity contribution in [3.63, 3.8) is 0 Å². The number of hydrazone groups is 2. The van der Waals surface area contributed by atoms with E-state index in [9.17, 15) is 9.59 Å². The molecule has 206 valence electrons. The van der Waals surface area contributed by atoms with Crippen LogP contribution in [0.3, 0.4) is 0 Å². The van der Waals surface area contributed by atoms with Crippen molar-refractivity contribution in [3.05, 3.63) is 95.1 Å². The normalized spacial score (nSPS) is 15.9. The van der Waals surface area contributed by atoms with Crippen LogP contribution in [0.2, 0.25) is 0 Å². The van der Waals surface area contributed by atoms with Crippen molar-refractivity contribution in [2.75, 3.05) is 62.2 Å². The van der Waals surface area contributed by atoms with Crippen LogP contribution in [0.5, 0.6) is 0 Å². The fraction of sp³-hybridized carbons (Fsp3) is 0.267. The summed E-state index contributed by atoms with van der Waals surface area (Å²) in [5.41, 5.74) is 10.0. The molecular weight excluding hydrogens is 504 g/mol. The van der Waals surface area contributed by atoms with Gasteiger partial charge in [-0.1, -0.05) is 18.2 Å². The highest BCUT2D eigenvalue weighted by Crippen LogP contribution is 2.17. The molecule has 2 saturated heterocycles. The Morgan fingerprint density at radius 3 is 1.43 bits per heavy atom. The number of carbonyl (C=O) groups excluding carboxylic acids is 2. The second-order valence-electron chi connectivity index (χ2n) is 9.64. The molecule has 2 fully saturated rings. The van der Waals surface area contributed by atoms with E-state index >= 15 is 0 Å². The Labute approximate surface area is 234 Å². The third-order valence-corrected chi connectivity index (χ3v) is 6.89. The highest BCUT2D eigenvalue weighted by molar-refractivity contribution is 5.96. The van der Waals surface area contributed by atoms with Gasteiger partial charge in [-0.3, -0.25) is 9.59 Å². The van der Waals surface area contributed by atoms with Crippen LogP contribution in [0.15, 0.2) is 83.0 Å². The first kappa shape index (κ1) is 27.0. The Kier molecular flexibility index (Phi) is 9.13. The number of benzene rings is 3. The average Bonchev–Trinajstić information content (AvgIpc) is 3.02. The Morgan fingerprint density at radius 2 is 1.02 bits per heavy atom. The van der Waals surface area contributed by atoms with Crippen molar-refractivity contribution >= 4 is 35.6 Å². The van der Waals surface area contributed by atoms with Gasteiger partial charge in [-0.05, 0) is 65.7 Å². The number of hydrogen-bond acceptors (Lipinski definition) is 8. The van der Waals surface area contributed by atoms with Gasteiger partial charge in [-0.15, -0.1) is 0 Å². The van der Waals surface area contributed by atoms with E-state index in [0.29, 0.717) is 11.1 Å². The molecule has 0 spiro atoms. The molecule has 3 aromatic carbocycles. The molecule has 10 nitrogen and oxygen atoms in total. The lowest BCUT2D eigenvalue weighted by atomic mass is 10.1. The van der Waals surface area contributed by atoms with Crippen molar-refractivity contribution in [2.45, 2.75) is 0 Å². The smallest absolute Gasteiger partial charge is 0.271 e. The number of nitrogens with one attached hydrogen (secondary N) is 4. The fourth-order valence-corrected chi connectivity index (χ4v) is 4.67. The number of nitrogens with zero attached hydrogens (tertiary/aromatic N) is 4. The van der Waals surface area contributed by atoms with E-state index in [1.54, 1.807) is 12.4 Å². The Hall–Kier alpha value is -4.54. The van der Waals surface area contributed by atoms with Gasteiger partial charge in [0.25, 0.3) is 11.8 Å². The van der Waals surface area contributed by atoms with Crippen molar-refractivity contribution in [3.8, 4) is 0 Å². The molecule has 0 unspecified atom stereocenters. The summed E-state index contributed by atoms with van der Waals surface area (Å²) in [5.74, 6) is -0.547. The lowest BCUT2D eigenvalue weighted by molar-refractivity contribution is 0.0947. The topological polar surface area (TPSA) is 113 Å². The number of carbonyl (C=O) groups is 2. The Balaban J connectivity index is 1.10. The van der Waals surface area contributed by atoms with Crippen LogP contribution in [0.25, 0.3) is 0 Å². The summed E-state index contributed by atoms with van der Waals surface area (Å²) in [6.07, 6.45) is 3.14. The molecule has 4 N–H and O–H groups in total. The first-order valence-electron chi connectivity index (χ1n) is 13.5. The van der Waals surface area contributed by atoms with Gasteiger partial charge >= 0.3 is 0 Å². The summed E-state index contributed by atoms with van der Waals surface area (Å²) in [6, 6.07) is 22.6. The highest BCUT2D eigenvalue weighted by atomic mass is 16.2. The second-order valence-corrected chi connectivity index (χ2v) is 9.64. The van der Waals surface area contributed by atoms with E-state index in [2.05, 4.69) is 41.5 Å². The van der Waals surface area contributed by atoms with E-state index in [0.717, 1.165) is 74.9 Å². The Morgan fingerprint density at radius 1 is 0.625 bits per heavy atom. The van der Waals surface area contributed by atoms with Crippen LogP contribution in [-0.4, -0.2) is 76.6 Å². The molecule has 40 heavy (non-hydrogen) atoms.